The Bertz CT molecular complexity index is 929. The lowest BCUT2D eigenvalue weighted by atomic mass is 9.96. The third-order valence-corrected chi connectivity index (χ3v) is 6.46. The van der Waals surface area contributed by atoms with E-state index >= 15 is 0 Å². The molecule has 0 aliphatic carbocycles. The van der Waals surface area contributed by atoms with Crippen molar-refractivity contribution in [2.75, 3.05) is 36.4 Å². The minimum Gasteiger partial charge on any atom is -0.370 e. The summed E-state index contributed by atoms with van der Waals surface area (Å²) in [5, 5.41) is 3.65. The fourth-order valence-corrected chi connectivity index (χ4v) is 4.34. The number of likely N-dealkylation sites (tertiary alicyclic amines) is 1. The number of carbonyl (C=O) groups excluding carboxylic acids is 2. The molecule has 6 nitrogen and oxygen atoms in total. The number of nitrogens with one attached hydrogen (secondary N) is 1. The number of halogens is 2. The van der Waals surface area contributed by atoms with E-state index in [0.29, 0.717) is 34.5 Å². The highest BCUT2D eigenvalue weighted by Gasteiger charge is 2.29. The van der Waals surface area contributed by atoms with Crippen LogP contribution in [0, 0.1) is 5.92 Å². The van der Waals surface area contributed by atoms with Crippen molar-refractivity contribution in [1.82, 2.24) is 9.88 Å². The quantitative estimate of drug-likeness (QED) is 0.751. The molecule has 0 saturated carbocycles. The summed E-state index contributed by atoms with van der Waals surface area (Å²) < 4.78 is 0. The van der Waals surface area contributed by atoms with Crippen LogP contribution in [0.5, 0.6) is 0 Å². The third kappa shape index (κ3) is 4.71. The van der Waals surface area contributed by atoms with Gasteiger partial charge in [-0.1, -0.05) is 23.2 Å². The first-order valence-electron chi connectivity index (χ1n) is 10.3. The molecule has 2 amide bonds. The molecule has 2 saturated heterocycles. The van der Waals surface area contributed by atoms with Crippen LogP contribution >= 0.6 is 23.2 Å². The number of benzene rings is 1. The predicted octanol–water partition coefficient (Wildman–Crippen LogP) is 4.48. The fraction of sp³-hybridized carbons (Fsp3) is 0.409. The molecule has 0 radical (unpaired) electrons. The van der Waals surface area contributed by atoms with E-state index in [0.717, 1.165) is 31.6 Å². The van der Waals surface area contributed by atoms with Crippen molar-refractivity contribution in [3.05, 3.63) is 52.1 Å². The number of nitrogens with zero attached hydrogens (tertiary/aromatic N) is 3. The maximum Gasteiger partial charge on any atom is 0.253 e. The summed E-state index contributed by atoms with van der Waals surface area (Å²) >= 11 is 12.0. The molecule has 2 aliphatic heterocycles. The first kappa shape index (κ1) is 20.9. The molecule has 4 rings (SSSR count). The number of pyridine rings is 1. The summed E-state index contributed by atoms with van der Waals surface area (Å²) in [5.41, 5.74) is 1.56. The molecule has 3 heterocycles. The average molecular weight is 447 g/mol. The summed E-state index contributed by atoms with van der Waals surface area (Å²) in [7, 11) is 0. The number of hydrogen-bond donors (Lipinski definition) is 1. The van der Waals surface area contributed by atoms with Crippen molar-refractivity contribution < 1.29 is 9.59 Å². The topological polar surface area (TPSA) is 65.5 Å². The van der Waals surface area contributed by atoms with Gasteiger partial charge in [-0.05, 0) is 56.0 Å². The summed E-state index contributed by atoms with van der Waals surface area (Å²) in [6, 6.07) is 8.68. The molecule has 1 atom stereocenters. The van der Waals surface area contributed by atoms with Gasteiger partial charge in [0.2, 0.25) is 5.91 Å². The number of anilines is 2. The maximum atomic E-state index is 12.8. The third-order valence-electron chi connectivity index (χ3n) is 5.72. The first-order chi connectivity index (χ1) is 14.5. The van der Waals surface area contributed by atoms with Crippen molar-refractivity contribution >= 4 is 46.5 Å². The van der Waals surface area contributed by atoms with Crippen LogP contribution < -0.4 is 10.2 Å². The molecule has 2 aliphatic rings. The molecule has 1 unspecified atom stereocenters. The monoisotopic (exact) mass is 446 g/mol. The minimum atomic E-state index is -0.273. The zero-order valence-electron chi connectivity index (χ0n) is 16.6. The van der Waals surface area contributed by atoms with Crippen molar-refractivity contribution in [2.24, 2.45) is 5.92 Å². The van der Waals surface area contributed by atoms with Crippen LogP contribution in [0.4, 0.5) is 11.5 Å². The van der Waals surface area contributed by atoms with E-state index in [1.54, 1.807) is 23.1 Å². The van der Waals surface area contributed by atoms with Crippen LogP contribution in [0.3, 0.4) is 0 Å². The summed E-state index contributed by atoms with van der Waals surface area (Å²) in [6.07, 6.45) is 5.73. The van der Waals surface area contributed by atoms with E-state index in [1.807, 2.05) is 18.3 Å². The number of piperidine rings is 1. The lowest BCUT2D eigenvalue weighted by Crippen LogP contribution is -2.43. The highest BCUT2D eigenvalue weighted by atomic mass is 35.5. The number of hydrogen-bond acceptors (Lipinski definition) is 4. The Morgan fingerprint density at radius 3 is 2.50 bits per heavy atom. The molecule has 158 valence electrons. The Labute approximate surface area is 186 Å². The van der Waals surface area contributed by atoms with Gasteiger partial charge in [0.05, 0.1) is 27.8 Å². The molecule has 1 aromatic heterocycles. The standard InChI is InChI=1S/C22H24Cl2N4O2/c23-18-7-5-15(12-19(18)24)22(30)28-11-3-4-16(14-28)21(29)26-20-8-6-17(13-25-20)27-9-1-2-10-27/h5-8,12-13,16H,1-4,9-11,14H2,(H,25,26,29). The van der Waals surface area contributed by atoms with Gasteiger partial charge < -0.3 is 15.1 Å². The van der Waals surface area contributed by atoms with E-state index in [2.05, 4.69) is 15.2 Å². The lowest BCUT2D eigenvalue weighted by Gasteiger charge is -2.32. The maximum absolute atomic E-state index is 12.8. The Balaban J connectivity index is 1.37. The van der Waals surface area contributed by atoms with Crippen LogP contribution in [0.2, 0.25) is 10.0 Å². The highest BCUT2D eigenvalue weighted by Crippen LogP contribution is 2.26. The number of aromatic nitrogens is 1. The van der Waals surface area contributed by atoms with Gasteiger partial charge in [0.1, 0.15) is 5.82 Å². The molecule has 2 aromatic rings. The zero-order chi connectivity index (χ0) is 21.1. The Kier molecular flexibility index (Phi) is 6.44. The molecular weight excluding hydrogens is 423 g/mol. The van der Waals surface area contributed by atoms with Crippen molar-refractivity contribution in [3.8, 4) is 0 Å². The van der Waals surface area contributed by atoms with E-state index in [-0.39, 0.29) is 17.7 Å². The summed E-state index contributed by atoms with van der Waals surface area (Å²) in [4.78, 5) is 34.0. The van der Waals surface area contributed by atoms with Crippen LogP contribution in [-0.4, -0.2) is 47.9 Å². The largest absolute Gasteiger partial charge is 0.370 e. The molecule has 0 bridgehead atoms. The van der Waals surface area contributed by atoms with Crippen LogP contribution in [0.1, 0.15) is 36.0 Å². The van der Waals surface area contributed by atoms with E-state index in [9.17, 15) is 9.59 Å². The molecule has 30 heavy (non-hydrogen) atoms. The zero-order valence-corrected chi connectivity index (χ0v) is 18.1. The fourth-order valence-electron chi connectivity index (χ4n) is 4.04. The van der Waals surface area contributed by atoms with Gasteiger partial charge in [-0.3, -0.25) is 9.59 Å². The van der Waals surface area contributed by atoms with Gasteiger partial charge in [0.25, 0.3) is 5.91 Å². The highest BCUT2D eigenvalue weighted by molar-refractivity contribution is 6.42. The smallest absolute Gasteiger partial charge is 0.253 e. The molecule has 1 aromatic carbocycles. The summed E-state index contributed by atoms with van der Waals surface area (Å²) in [6.45, 7) is 3.10. The van der Waals surface area contributed by atoms with Crippen LogP contribution in [0.15, 0.2) is 36.5 Å². The molecule has 2 fully saturated rings. The minimum absolute atomic E-state index is 0.108. The summed E-state index contributed by atoms with van der Waals surface area (Å²) in [5.74, 6) is 0.0172. The van der Waals surface area contributed by atoms with Crippen LogP contribution in [-0.2, 0) is 4.79 Å². The second-order valence-corrected chi connectivity index (χ2v) is 8.62. The molecule has 8 heteroatoms. The Morgan fingerprint density at radius 2 is 1.80 bits per heavy atom. The molecule has 0 spiro atoms. The van der Waals surface area contributed by atoms with Gasteiger partial charge in [0.15, 0.2) is 0 Å². The van der Waals surface area contributed by atoms with Gasteiger partial charge >= 0.3 is 0 Å². The lowest BCUT2D eigenvalue weighted by molar-refractivity contribution is -0.121. The van der Waals surface area contributed by atoms with E-state index in [4.69, 9.17) is 23.2 Å². The number of carbonyl (C=O) groups is 2. The second-order valence-electron chi connectivity index (χ2n) is 7.80. The Morgan fingerprint density at radius 1 is 1.00 bits per heavy atom. The van der Waals surface area contributed by atoms with Crippen molar-refractivity contribution in [2.45, 2.75) is 25.7 Å². The van der Waals surface area contributed by atoms with E-state index < -0.39 is 0 Å². The number of amides is 2. The van der Waals surface area contributed by atoms with Gasteiger partial charge in [-0.25, -0.2) is 4.98 Å². The number of rotatable bonds is 4. The van der Waals surface area contributed by atoms with Gasteiger partial charge in [-0.2, -0.15) is 0 Å². The SMILES string of the molecule is O=C(Nc1ccc(N2CCCC2)cn1)C1CCCN(C(=O)c2ccc(Cl)c(Cl)c2)C1. The van der Waals surface area contributed by atoms with Crippen molar-refractivity contribution in [3.63, 3.8) is 0 Å². The second kappa shape index (κ2) is 9.23. The average Bonchev–Trinajstić information content (AvgIpc) is 3.31. The van der Waals surface area contributed by atoms with Crippen molar-refractivity contribution in [1.29, 1.82) is 0 Å². The molecule has 1 N–H and O–H groups in total. The predicted molar refractivity (Wildman–Crippen MR) is 119 cm³/mol. The van der Waals surface area contributed by atoms with E-state index in [1.165, 1.54) is 12.8 Å². The molecular formula is C22H24Cl2N4O2. The Hall–Kier alpha value is -2.31. The van der Waals surface area contributed by atoms with Crippen LogP contribution in [0.25, 0.3) is 0 Å². The normalized spacial score (nSPS) is 19.1. The first-order valence-corrected chi connectivity index (χ1v) is 11.0. The van der Waals surface area contributed by atoms with Gasteiger partial charge in [0, 0.05) is 31.7 Å². The van der Waals surface area contributed by atoms with Gasteiger partial charge in [-0.15, -0.1) is 0 Å².